The van der Waals surface area contributed by atoms with E-state index in [1.165, 1.54) is 0 Å². The maximum Gasteiger partial charge on any atom is 0.268 e. The van der Waals surface area contributed by atoms with E-state index in [4.69, 9.17) is 11.6 Å². The minimum atomic E-state index is -1.32. The predicted octanol–water partition coefficient (Wildman–Crippen LogP) is 1.92. The molecule has 0 aliphatic carbocycles. The van der Waals surface area contributed by atoms with Crippen molar-refractivity contribution in [2.45, 2.75) is 12.5 Å². The molecule has 0 saturated carbocycles. The second-order valence-corrected chi connectivity index (χ2v) is 6.26. The van der Waals surface area contributed by atoms with Gasteiger partial charge < -0.3 is 19.8 Å². The third-order valence-electron chi connectivity index (χ3n) is 4.11. The molecule has 0 aliphatic rings. The molecule has 1 aromatic heterocycles. The SMILES string of the molecule is Cn1c(C(=O)N[C@@H](Cc2ccccc2)C(=O)[O-])cc2cc(Cl)ccc21. The number of carbonyl (C=O) groups is 2. The van der Waals surface area contributed by atoms with E-state index in [0.717, 1.165) is 16.5 Å². The molecule has 1 amide bonds. The summed E-state index contributed by atoms with van der Waals surface area (Å²) in [6.45, 7) is 0. The Balaban J connectivity index is 1.84. The van der Waals surface area contributed by atoms with Crippen molar-refractivity contribution in [2.24, 2.45) is 7.05 Å². The number of aromatic nitrogens is 1. The van der Waals surface area contributed by atoms with E-state index in [1.54, 1.807) is 41.9 Å². The van der Waals surface area contributed by atoms with Gasteiger partial charge in [-0.3, -0.25) is 4.79 Å². The number of carbonyl (C=O) groups excluding carboxylic acids is 2. The largest absolute Gasteiger partial charge is 0.548 e. The molecule has 0 radical (unpaired) electrons. The average Bonchev–Trinajstić information content (AvgIpc) is 2.91. The zero-order chi connectivity index (χ0) is 18.0. The maximum atomic E-state index is 12.6. The average molecular weight is 356 g/mol. The first-order chi connectivity index (χ1) is 12.0. The summed E-state index contributed by atoms with van der Waals surface area (Å²) in [6, 6.07) is 15.0. The van der Waals surface area contributed by atoms with Crippen LogP contribution in [0.2, 0.25) is 5.02 Å². The van der Waals surface area contributed by atoms with Gasteiger partial charge in [-0.2, -0.15) is 0 Å². The smallest absolute Gasteiger partial charge is 0.268 e. The molecule has 0 unspecified atom stereocenters. The van der Waals surface area contributed by atoms with Crippen LogP contribution in [0.15, 0.2) is 54.6 Å². The number of halogens is 1. The molecule has 0 spiro atoms. The first kappa shape index (κ1) is 17.0. The highest BCUT2D eigenvalue weighted by atomic mass is 35.5. The van der Waals surface area contributed by atoms with Crippen LogP contribution in [0.5, 0.6) is 0 Å². The number of rotatable bonds is 5. The van der Waals surface area contributed by atoms with Crippen molar-refractivity contribution in [3.8, 4) is 0 Å². The van der Waals surface area contributed by atoms with Crippen molar-refractivity contribution in [3.05, 3.63) is 70.9 Å². The van der Waals surface area contributed by atoms with E-state index in [1.807, 2.05) is 24.3 Å². The quantitative estimate of drug-likeness (QED) is 0.760. The normalized spacial score (nSPS) is 12.1. The number of carboxylic acid groups (broad SMARTS) is 1. The van der Waals surface area contributed by atoms with Crippen LogP contribution < -0.4 is 10.4 Å². The van der Waals surface area contributed by atoms with Crippen LogP contribution in [0, 0.1) is 0 Å². The number of hydrogen-bond acceptors (Lipinski definition) is 3. The number of amides is 1. The Hall–Kier alpha value is -2.79. The lowest BCUT2D eigenvalue weighted by Gasteiger charge is -2.20. The third-order valence-corrected chi connectivity index (χ3v) is 4.34. The Morgan fingerprint density at radius 2 is 1.88 bits per heavy atom. The first-order valence-corrected chi connectivity index (χ1v) is 8.14. The molecule has 2 aromatic carbocycles. The molecule has 0 aliphatic heterocycles. The molecule has 0 saturated heterocycles. The fourth-order valence-electron chi connectivity index (χ4n) is 2.81. The lowest BCUT2D eigenvalue weighted by Crippen LogP contribution is -2.49. The van der Waals surface area contributed by atoms with Gasteiger partial charge in [-0.05, 0) is 36.2 Å². The summed E-state index contributed by atoms with van der Waals surface area (Å²) in [5, 5.41) is 15.3. The molecular formula is C19H16ClN2O3-. The van der Waals surface area contributed by atoms with Crippen LogP contribution in [-0.4, -0.2) is 22.5 Å². The van der Waals surface area contributed by atoms with Crippen LogP contribution in [0.4, 0.5) is 0 Å². The zero-order valence-electron chi connectivity index (χ0n) is 13.5. The fourth-order valence-corrected chi connectivity index (χ4v) is 2.99. The fraction of sp³-hybridized carbons (Fsp3) is 0.158. The highest BCUT2D eigenvalue weighted by Gasteiger charge is 2.19. The van der Waals surface area contributed by atoms with Crippen molar-refractivity contribution in [1.82, 2.24) is 9.88 Å². The highest BCUT2D eigenvalue weighted by molar-refractivity contribution is 6.31. The van der Waals surface area contributed by atoms with Gasteiger partial charge in [0.05, 0.1) is 12.0 Å². The summed E-state index contributed by atoms with van der Waals surface area (Å²) in [7, 11) is 1.75. The molecule has 3 rings (SSSR count). The standard InChI is InChI=1S/C19H17ClN2O3/c1-22-16-8-7-14(20)10-13(16)11-17(22)18(23)21-15(19(24)25)9-12-5-3-2-4-6-12/h2-8,10-11,15H,9H2,1H3,(H,21,23)(H,24,25)/p-1/t15-/m0/s1. The van der Waals surface area contributed by atoms with Crippen molar-refractivity contribution in [1.29, 1.82) is 0 Å². The molecule has 1 atom stereocenters. The maximum absolute atomic E-state index is 12.6. The molecular weight excluding hydrogens is 340 g/mol. The summed E-state index contributed by atoms with van der Waals surface area (Å²) < 4.78 is 1.70. The predicted molar refractivity (Wildman–Crippen MR) is 94.3 cm³/mol. The van der Waals surface area contributed by atoms with Gasteiger partial charge in [-0.25, -0.2) is 0 Å². The molecule has 6 heteroatoms. The second kappa shape index (κ2) is 6.99. The van der Waals surface area contributed by atoms with Gasteiger partial charge in [0.15, 0.2) is 0 Å². The zero-order valence-corrected chi connectivity index (χ0v) is 14.3. The van der Waals surface area contributed by atoms with Gasteiger partial charge in [0.25, 0.3) is 5.91 Å². The Morgan fingerprint density at radius 1 is 1.16 bits per heavy atom. The number of benzene rings is 2. The third kappa shape index (κ3) is 3.67. The second-order valence-electron chi connectivity index (χ2n) is 5.83. The monoisotopic (exact) mass is 355 g/mol. The van der Waals surface area contributed by atoms with Gasteiger partial charge in [0.1, 0.15) is 5.69 Å². The van der Waals surface area contributed by atoms with Gasteiger partial charge in [0.2, 0.25) is 0 Å². The van der Waals surface area contributed by atoms with E-state index >= 15 is 0 Å². The summed E-state index contributed by atoms with van der Waals surface area (Å²) in [5.41, 5.74) is 2.00. The van der Waals surface area contributed by atoms with Crippen molar-refractivity contribution in [2.75, 3.05) is 0 Å². The number of aryl methyl sites for hydroxylation is 1. The van der Waals surface area contributed by atoms with Crippen molar-refractivity contribution < 1.29 is 14.7 Å². The van der Waals surface area contributed by atoms with E-state index in [-0.39, 0.29) is 6.42 Å². The molecule has 0 bridgehead atoms. The Labute approximate surface area is 149 Å². The number of hydrogen-bond donors (Lipinski definition) is 1. The minimum Gasteiger partial charge on any atom is -0.548 e. The lowest BCUT2D eigenvalue weighted by molar-refractivity contribution is -0.308. The van der Waals surface area contributed by atoms with Crippen LogP contribution in [0.3, 0.4) is 0 Å². The summed E-state index contributed by atoms with van der Waals surface area (Å²) in [4.78, 5) is 24.0. The Morgan fingerprint density at radius 3 is 2.56 bits per heavy atom. The molecule has 3 aromatic rings. The number of carboxylic acids is 1. The highest BCUT2D eigenvalue weighted by Crippen LogP contribution is 2.22. The van der Waals surface area contributed by atoms with Gasteiger partial charge in [-0.1, -0.05) is 41.9 Å². The van der Waals surface area contributed by atoms with Crippen LogP contribution in [-0.2, 0) is 18.3 Å². The Kier molecular flexibility index (Phi) is 4.76. The van der Waals surface area contributed by atoms with Gasteiger partial charge in [-0.15, -0.1) is 0 Å². The number of nitrogens with zero attached hydrogens (tertiary/aromatic N) is 1. The van der Waals surface area contributed by atoms with Gasteiger partial charge >= 0.3 is 0 Å². The molecule has 25 heavy (non-hydrogen) atoms. The summed E-state index contributed by atoms with van der Waals surface area (Å²) >= 11 is 5.98. The van der Waals surface area contributed by atoms with Crippen molar-refractivity contribution in [3.63, 3.8) is 0 Å². The topological polar surface area (TPSA) is 74.2 Å². The summed E-state index contributed by atoms with van der Waals surface area (Å²) in [6.07, 6.45) is 0.157. The van der Waals surface area contributed by atoms with E-state index in [9.17, 15) is 14.7 Å². The van der Waals surface area contributed by atoms with Crippen LogP contribution in [0.1, 0.15) is 16.1 Å². The lowest BCUT2D eigenvalue weighted by atomic mass is 10.1. The number of nitrogens with one attached hydrogen (secondary N) is 1. The minimum absolute atomic E-state index is 0.157. The first-order valence-electron chi connectivity index (χ1n) is 7.76. The molecule has 5 nitrogen and oxygen atoms in total. The van der Waals surface area contributed by atoms with E-state index < -0.39 is 17.9 Å². The number of fused-ring (bicyclic) bond motifs is 1. The Bertz CT molecular complexity index is 934. The van der Waals surface area contributed by atoms with E-state index in [2.05, 4.69) is 5.32 Å². The molecule has 1 N–H and O–H groups in total. The molecule has 128 valence electrons. The molecule has 0 fully saturated rings. The summed E-state index contributed by atoms with van der Waals surface area (Å²) in [5.74, 6) is -1.79. The van der Waals surface area contributed by atoms with E-state index in [0.29, 0.717) is 10.7 Å². The van der Waals surface area contributed by atoms with Gasteiger partial charge in [0, 0.05) is 23.0 Å². The van der Waals surface area contributed by atoms with Crippen LogP contribution >= 0.6 is 11.6 Å². The van der Waals surface area contributed by atoms with Crippen LogP contribution in [0.25, 0.3) is 10.9 Å². The number of aliphatic carboxylic acids is 1. The van der Waals surface area contributed by atoms with Crippen molar-refractivity contribution >= 4 is 34.4 Å². The molecule has 1 heterocycles.